The standard InChI is InChI=1S/C16H23N3O3S/c1-18-8-7-14(13-18)11-17-12-15-5-3-4-6-16(15)23(21,22)19(2)9-10-20/h3-8,13,17,20H,9-12H2,1-2H3. The van der Waals surface area contributed by atoms with E-state index in [1.165, 1.54) is 11.4 Å². The zero-order valence-electron chi connectivity index (χ0n) is 13.4. The van der Waals surface area contributed by atoms with Crippen molar-refractivity contribution in [1.29, 1.82) is 0 Å². The molecule has 0 aliphatic heterocycles. The number of aliphatic hydroxyl groups excluding tert-OH is 1. The van der Waals surface area contributed by atoms with Crippen molar-refractivity contribution in [3.05, 3.63) is 53.9 Å². The lowest BCUT2D eigenvalue weighted by molar-refractivity contribution is 0.266. The van der Waals surface area contributed by atoms with Gasteiger partial charge in [-0.1, -0.05) is 18.2 Å². The molecule has 0 aliphatic rings. The molecule has 0 unspecified atom stereocenters. The zero-order valence-corrected chi connectivity index (χ0v) is 14.3. The highest BCUT2D eigenvalue weighted by molar-refractivity contribution is 7.89. The van der Waals surface area contributed by atoms with E-state index in [-0.39, 0.29) is 18.0 Å². The van der Waals surface area contributed by atoms with Gasteiger partial charge in [-0.25, -0.2) is 8.42 Å². The first-order chi connectivity index (χ1) is 10.9. The summed E-state index contributed by atoms with van der Waals surface area (Å²) in [7, 11) is -0.161. The summed E-state index contributed by atoms with van der Waals surface area (Å²) in [6.07, 6.45) is 3.99. The van der Waals surface area contributed by atoms with Gasteiger partial charge in [-0.2, -0.15) is 4.31 Å². The molecule has 0 fully saturated rings. The number of nitrogens with one attached hydrogen (secondary N) is 1. The summed E-state index contributed by atoms with van der Waals surface area (Å²) in [6, 6.07) is 8.95. The molecule has 23 heavy (non-hydrogen) atoms. The van der Waals surface area contributed by atoms with Gasteiger partial charge >= 0.3 is 0 Å². The lowest BCUT2D eigenvalue weighted by atomic mass is 10.2. The highest BCUT2D eigenvalue weighted by atomic mass is 32.2. The number of aryl methyl sites for hydroxylation is 1. The smallest absolute Gasteiger partial charge is 0.243 e. The molecule has 2 aromatic rings. The second-order valence-electron chi connectivity index (χ2n) is 5.45. The summed E-state index contributed by atoms with van der Waals surface area (Å²) in [5.74, 6) is 0. The molecule has 0 saturated heterocycles. The average molecular weight is 337 g/mol. The minimum Gasteiger partial charge on any atom is -0.395 e. The third-order valence-electron chi connectivity index (χ3n) is 3.61. The summed E-state index contributed by atoms with van der Waals surface area (Å²) in [6.45, 7) is 0.997. The van der Waals surface area contributed by atoms with Crippen LogP contribution in [-0.4, -0.2) is 42.6 Å². The summed E-state index contributed by atoms with van der Waals surface area (Å²) >= 11 is 0. The Balaban J connectivity index is 2.11. The number of nitrogens with zero attached hydrogens (tertiary/aromatic N) is 2. The van der Waals surface area contributed by atoms with Gasteiger partial charge in [0.1, 0.15) is 0 Å². The van der Waals surface area contributed by atoms with Crippen LogP contribution in [0.1, 0.15) is 11.1 Å². The van der Waals surface area contributed by atoms with Gasteiger partial charge in [0.25, 0.3) is 0 Å². The minimum atomic E-state index is -3.59. The SMILES string of the molecule is CN(CCO)S(=O)(=O)c1ccccc1CNCc1ccn(C)c1. The third-order valence-corrected chi connectivity index (χ3v) is 5.57. The first kappa shape index (κ1) is 17.7. The molecule has 7 heteroatoms. The molecule has 0 radical (unpaired) electrons. The number of hydrogen-bond acceptors (Lipinski definition) is 4. The van der Waals surface area contributed by atoms with Gasteiger partial charge < -0.3 is 15.0 Å². The van der Waals surface area contributed by atoms with Gasteiger partial charge in [-0.3, -0.25) is 0 Å². The molecule has 1 aromatic carbocycles. The van der Waals surface area contributed by atoms with Crippen molar-refractivity contribution in [3.63, 3.8) is 0 Å². The van der Waals surface area contributed by atoms with E-state index >= 15 is 0 Å². The lowest BCUT2D eigenvalue weighted by Crippen LogP contribution is -2.30. The van der Waals surface area contributed by atoms with Crippen LogP contribution in [0, 0.1) is 0 Å². The molecule has 2 rings (SSSR count). The molecule has 6 nitrogen and oxygen atoms in total. The van der Waals surface area contributed by atoms with Crippen molar-refractivity contribution in [2.45, 2.75) is 18.0 Å². The van der Waals surface area contributed by atoms with Crippen molar-refractivity contribution in [2.24, 2.45) is 7.05 Å². The maximum absolute atomic E-state index is 12.6. The molecule has 1 aromatic heterocycles. The van der Waals surface area contributed by atoms with Crippen molar-refractivity contribution in [2.75, 3.05) is 20.2 Å². The highest BCUT2D eigenvalue weighted by Crippen LogP contribution is 2.19. The Kier molecular flexibility index (Phi) is 5.95. The van der Waals surface area contributed by atoms with E-state index in [1.807, 2.05) is 36.1 Å². The Hall–Kier alpha value is -1.67. The number of rotatable bonds is 8. The number of hydrogen-bond donors (Lipinski definition) is 2. The van der Waals surface area contributed by atoms with Crippen LogP contribution in [0.2, 0.25) is 0 Å². The normalized spacial score (nSPS) is 12.0. The quantitative estimate of drug-likeness (QED) is 0.751. The van der Waals surface area contributed by atoms with Crippen LogP contribution >= 0.6 is 0 Å². The molecule has 0 amide bonds. The molecule has 1 heterocycles. The van der Waals surface area contributed by atoms with Crippen LogP contribution in [0.5, 0.6) is 0 Å². The lowest BCUT2D eigenvalue weighted by Gasteiger charge is -2.18. The van der Waals surface area contributed by atoms with E-state index in [1.54, 1.807) is 18.2 Å². The number of aliphatic hydroxyl groups is 1. The second-order valence-corrected chi connectivity index (χ2v) is 7.46. The molecule has 0 bridgehead atoms. The van der Waals surface area contributed by atoms with Crippen molar-refractivity contribution in [1.82, 2.24) is 14.2 Å². The van der Waals surface area contributed by atoms with Crippen LogP contribution in [0.4, 0.5) is 0 Å². The van der Waals surface area contributed by atoms with Crippen LogP contribution in [0.25, 0.3) is 0 Å². The van der Waals surface area contributed by atoms with Gasteiger partial charge in [0.05, 0.1) is 11.5 Å². The van der Waals surface area contributed by atoms with Crippen LogP contribution in [0.3, 0.4) is 0 Å². The molecule has 0 aliphatic carbocycles. The fourth-order valence-electron chi connectivity index (χ4n) is 2.34. The number of likely N-dealkylation sites (N-methyl/N-ethyl adjacent to an activating group) is 1. The van der Waals surface area contributed by atoms with Crippen LogP contribution < -0.4 is 5.32 Å². The summed E-state index contributed by atoms with van der Waals surface area (Å²) in [5, 5.41) is 12.2. The Morgan fingerprint density at radius 1 is 1.22 bits per heavy atom. The van der Waals surface area contributed by atoms with E-state index in [0.717, 1.165) is 5.56 Å². The summed E-state index contributed by atoms with van der Waals surface area (Å²) in [5.41, 5.74) is 1.86. The van der Waals surface area contributed by atoms with Gasteiger partial charge in [-0.15, -0.1) is 0 Å². The first-order valence-electron chi connectivity index (χ1n) is 7.42. The third kappa shape index (κ3) is 4.42. The molecular weight excluding hydrogens is 314 g/mol. The minimum absolute atomic E-state index is 0.0775. The maximum atomic E-state index is 12.6. The predicted molar refractivity (Wildman–Crippen MR) is 89.3 cm³/mol. The topological polar surface area (TPSA) is 74.6 Å². The van der Waals surface area contributed by atoms with Gasteiger partial charge in [0, 0.05) is 46.1 Å². The first-order valence-corrected chi connectivity index (χ1v) is 8.86. The average Bonchev–Trinajstić information content (AvgIpc) is 2.93. The largest absolute Gasteiger partial charge is 0.395 e. The number of benzene rings is 1. The van der Waals surface area contributed by atoms with Gasteiger partial charge in [0.2, 0.25) is 10.0 Å². The van der Waals surface area contributed by atoms with E-state index in [9.17, 15) is 8.42 Å². The molecule has 0 spiro atoms. The van der Waals surface area contributed by atoms with E-state index < -0.39 is 10.0 Å². The molecular formula is C16H23N3O3S. The highest BCUT2D eigenvalue weighted by Gasteiger charge is 2.22. The Morgan fingerprint density at radius 2 is 1.96 bits per heavy atom. The van der Waals surface area contributed by atoms with Crippen LogP contribution in [0.15, 0.2) is 47.6 Å². The van der Waals surface area contributed by atoms with Crippen molar-refractivity contribution in [3.8, 4) is 0 Å². The van der Waals surface area contributed by atoms with E-state index in [0.29, 0.717) is 18.7 Å². The van der Waals surface area contributed by atoms with Gasteiger partial charge in [-0.05, 0) is 23.3 Å². The van der Waals surface area contributed by atoms with Crippen molar-refractivity contribution >= 4 is 10.0 Å². The zero-order chi connectivity index (χ0) is 16.9. The monoisotopic (exact) mass is 337 g/mol. The van der Waals surface area contributed by atoms with E-state index in [2.05, 4.69) is 5.32 Å². The van der Waals surface area contributed by atoms with Crippen molar-refractivity contribution < 1.29 is 13.5 Å². The Labute approximate surface area is 137 Å². The summed E-state index contributed by atoms with van der Waals surface area (Å²) in [4.78, 5) is 0.275. The second kappa shape index (κ2) is 7.74. The summed E-state index contributed by atoms with van der Waals surface area (Å²) < 4.78 is 28.3. The Morgan fingerprint density at radius 3 is 2.61 bits per heavy atom. The molecule has 0 atom stereocenters. The number of sulfonamides is 1. The maximum Gasteiger partial charge on any atom is 0.243 e. The molecule has 126 valence electrons. The van der Waals surface area contributed by atoms with Gasteiger partial charge in [0.15, 0.2) is 0 Å². The molecule has 2 N–H and O–H groups in total. The van der Waals surface area contributed by atoms with Crippen LogP contribution in [-0.2, 0) is 30.2 Å². The Bertz CT molecular complexity index is 741. The predicted octanol–water partition coefficient (Wildman–Crippen LogP) is 0.928. The van der Waals surface area contributed by atoms with E-state index in [4.69, 9.17) is 5.11 Å². The fraction of sp³-hybridized carbons (Fsp3) is 0.375. The fourth-order valence-corrected chi connectivity index (χ4v) is 3.72. The number of aromatic nitrogens is 1. The molecule has 0 saturated carbocycles.